The molecule has 0 radical (unpaired) electrons. The van der Waals surface area contributed by atoms with Gasteiger partial charge in [0.1, 0.15) is 0 Å². The van der Waals surface area contributed by atoms with Crippen LogP contribution >= 0.6 is 0 Å². The van der Waals surface area contributed by atoms with Crippen LogP contribution in [0.3, 0.4) is 0 Å². The van der Waals surface area contributed by atoms with Gasteiger partial charge in [-0.15, -0.1) is 0 Å². The first-order valence-corrected chi connectivity index (χ1v) is 6.09. The topological polar surface area (TPSA) is 72.2 Å². The molecule has 0 spiro atoms. The Morgan fingerprint density at radius 2 is 1.83 bits per heavy atom. The zero-order valence-electron chi connectivity index (χ0n) is 10.7. The van der Waals surface area contributed by atoms with E-state index in [0.29, 0.717) is 6.54 Å². The molecule has 1 N–H and O–H groups in total. The monoisotopic (exact) mass is 250 g/mol. The zero-order valence-corrected chi connectivity index (χ0v) is 10.7. The Labute approximate surface area is 106 Å². The molecule has 5 nitrogen and oxygen atoms in total. The fourth-order valence-electron chi connectivity index (χ4n) is 1.73. The van der Waals surface area contributed by atoms with Gasteiger partial charge in [0.05, 0.1) is 4.92 Å². The number of benzene rings is 1. The largest absolute Gasteiger partial charge is 0.352 e. The minimum absolute atomic E-state index is 0.0401. The van der Waals surface area contributed by atoms with E-state index in [-0.39, 0.29) is 17.5 Å². The molecule has 1 aromatic rings. The van der Waals surface area contributed by atoms with Crippen LogP contribution in [0.15, 0.2) is 24.3 Å². The maximum absolute atomic E-state index is 11.7. The van der Waals surface area contributed by atoms with Crippen LogP contribution in [-0.4, -0.2) is 10.8 Å². The fourth-order valence-corrected chi connectivity index (χ4v) is 1.73. The highest BCUT2D eigenvalue weighted by Gasteiger charge is 2.13. The molecule has 0 fully saturated rings. The van der Waals surface area contributed by atoms with Gasteiger partial charge < -0.3 is 5.32 Å². The number of nitro benzene ring substituents is 1. The third kappa shape index (κ3) is 3.84. The smallest absolute Gasteiger partial charge is 0.269 e. The molecule has 0 saturated heterocycles. The van der Waals surface area contributed by atoms with Crippen LogP contribution in [0.5, 0.6) is 0 Å². The lowest BCUT2D eigenvalue weighted by atomic mass is 10.0. The Hall–Kier alpha value is -1.91. The molecule has 0 bridgehead atoms. The van der Waals surface area contributed by atoms with E-state index in [1.807, 2.05) is 13.8 Å². The second-order valence-electron chi connectivity index (χ2n) is 4.15. The molecule has 0 saturated carbocycles. The summed E-state index contributed by atoms with van der Waals surface area (Å²) in [6.45, 7) is 4.38. The highest BCUT2D eigenvalue weighted by atomic mass is 16.6. The van der Waals surface area contributed by atoms with Crippen molar-refractivity contribution in [1.29, 1.82) is 0 Å². The molecule has 5 heteroatoms. The Morgan fingerprint density at radius 1 is 1.28 bits per heavy atom. The minimum atomic E-state index is -0.438. The Balaban J connectivity index is 2.53. The van der Waals surface area contributed by atoms with Crippen LogP contribution in [0.25, 0.3) is 0 Å². The van der Waals surface area contributed by atoms with Gasteiger partial charge in [-0.2, -0.15) is 0 Å². The van der Waals surface area contributed by atoms with E-state index in [9.17, 15) is 14.9 Å². The summed E-state index contributed by atoms with van der Waals surface area (Å²) in [4.78, 5) is 21.8. The molecule has 0 aliphatic carbocycles. The third-order valence-electron chi connectivity index (χ3n) is 2.97. The number of hydrogen-bond acceptors (Lipinski definition) is 3. The first kappa shape index (κ1) is 14.2. The van der Waals surface area contributed by atoms with Crippen molar-refractivity contribution in [2.75, 3.05) is 0 Å². The molecule has 0 heterocycles. The summed E-state index contributed by atoms with van der Waals surface area (Å²) in [6.07, 6.45) is 1.64. The number of carbonyl (C=O) groups is 1. The van der Waals surface area contributed by atoms with Crippen LogP contribution in [0, 0.1) is 16.0 Å². The molecule has 0 aliphatic heterocycles. The molecule has 1 aromatic carbocycles. The lowest BCUT2D eigenvalue weighted by Crippen LogP contribution is -2.29. The molecular formula is C13H18N2O3. The van der Waals surface area contributed by atoms with Crippen molar-refractivity contribution in [3.8, 4) is 0 Å². The van der Waals surface area contributed by atoms with E-state index in [4.69, 9.17) is 0 Å². The summed E-state index contributed by atoms with van der Waals surface area (Å²) in [6, 6.07) is 6.20. The van der Waals surface area contributed by atoms with Crippen LogP contribution in [0.2, 0.25) is 0 Å². The SMILES string of the molecule is CCC(CC)C(=O)NCc1ccc([N+](=O)[O-])cc1. The van der Waals surface area contributed by atoms with Gasteiger partial charge in [-0.25, -0.2) is 0 Å². The van der Waals surface area contributed by atoms with E-state index in [2.05, 4.69) is 5.32 Å². The standard InChI is InChI=1S/C13H18N2O3/c1-3-11(4-2)13(16)14-9-10-5-7-12(8-6-10)15(17)18/h5-8,11H,3-4,9H2,1-2H3,(H,14,16). The highest BCUT2D eigenvalue weighted by Crippen LogP contribution is 2.12. The number of carbonyl (C=O) groups excluding carboxylic acids is 1. The molecule has 1 rings (SSSR count). The average molecular weight is 250 g/mol. The maximum Gasteiger partial charge on any atom is 0.269 e. The molecule has 98 valence electrons. The number of rotatable bonds is 6. The molecule has 0 unspecified atom stereocenters. The van der Waals surface area contributed by atoms with Gasteiger partial charge in [0.25, 0.3) is 5.69 Å². The number of nitrogens with one attached hydrogen (secondary N) is 1. The van der Waals surface area contributed by atoms with Crippen LogP contribution in [-0.2, 0) is 11.3 Å². The third-order valence-corrected chi connectivity index (χ3v) is 2.97. The highest BCUT2D eigenvalue weighted by molar-refractivity contribution is 5.78. The lowest BCUT2D eigenvalue weighted by Gasteiger charge is -2.12. The number of amides is 1. The van der Waals surface area contributed by atoms with Crippen molar-refractivity contribution in [2.24, 2.45) is 5.92 Å². The molecule has 0 aliphatic rings. The van der Waals surface area contributed by atoms with Crippen molar-refractivity contribution in [1.82, 2.24) is 5.32 Å². The summed E-state index contributed by atoms with van der Waals surface area (Å²) in [5.41, 5.74) is 0.921. The summed E-state index contributed by atoms with van der Waals surface area (Å²) < 4.78 is 0. The quantitative estimate of drug-likeness (QED) is 0.623. The van der Waals surface area contributed by atoms with Gasteiger partial charge >= 0.3 is 0 Å². The van der Waals surface area contributed by atoms with Crippen molar-refractivity contribution < 1.29 is 9.72 Å². The first-order chi connectivity index (χ1) is 8.58. The van der Waals surface area contributed by atoms with E-state index < -0.39 is 4.92 Å². The minimum Gasteiger partial charge on any atom is -0.352 e. The van der Waals surface area contributed by atoms with Gasteiger partial charge in [0.2, 0.25) is 5.91 Å². The summed E-state index contributed by atoms with van der Waals surface area (Å²) >= 11 is 0. The van der Waals surface area contributed by atoms with E-state index in [1.54, 1.807) is 12.1 Å². The van der Waals surface area contributed by atoms with Crippen molar-refractivity contribution in [3.63, 3.8) is 0 Å². The first-order valence-electron chi connectivity index (χ1n) is 6.09. The predicted octanol–water partition coefficient (Wildman–Crippen LogP) is 2.65. The zero-order chi connectivity index (χ0) is 13.5. The number of hydrogen-bond donors (Lipinski definition) is 1. The van der Waals surface area contributed by atoms with Gasteiger partial charge in [-0.3, -0.25) is 14.9 Å². The normalized spacial score (nSPS) is 10.4. The summed E-state index contributed by atoms with van der Waals surface area (Å²) in [5, 5.41) is 13.3. The number of nitrogens with zero attached hydrogens (tertiary/aromatic N) is 1. The van der Waals surface area contributed by atoms with E-state index >= 15 is 0 Å². The van der Waals surface area contributed by atoms with Gasteiger partial charge in [0.15, 0.2) is 0 Å². The Bertz CT molecular complexity index is 411. The fraction of sp³-hybridized carbons (Fsp3) is 0.462. The predicted molar refractivity (Wildman–Crippen MR) is 69.0 cm³/mol. The van der Waals surface area contributed by atoms with Crippen molar-refractivity contribution in [3.05, 3.63) is 39.9 Å². The average Bonchev–Trinajstić information content (AvgIpc) is 2.38. The van der Waals surface area contributed by atoms with E-state index in [1.165, 1.54) is 12.1 Å². The van der Waals surface area contributed by atoms with Crippen molar-refractivity contribution in [2.45, 2.75) is 33.2 Å². The summed E-state index contributed by atoms with van der Waals surface area (Å²) in [5.74, 6) is 0.0846. The molecule has 0 aromatic heterocycles. The second-order valence-corrected chi connectivity index (χ2v) is 4.15. The number of nitro groups is 1. The molecule has 18 heavy (non-hydrogen) atoms. The van der Waals surface area contributed by atoms with Crippen molar-refractivity contribution >= 4 is 11.6 Å². The maximum atomic E-state index is 11.7. The second kappa shape index (κ2) is 6.74. The number of non-ortho nitro benzene ring substituents is 1. The van der Waals surface area contributed by atoms with Crippen LogP contribution < -0.4 is 5.32 Å². The molecule has 1 amide bonds. The van der Waals surface area contributed by atoms with Gasteiger partial charge in [-0.05, 0) is 18.4 Å². The van der Waals surface area contributed by atoms with Crippen LogP contribution in [0.4, 0.5) is 5.69 Å². The Morgan fingerprint density at radius 3 is 2.28 bits per heavy atom. The Kier molecular flexibility index (Phi) is 5.30. The van der Waals surface area contributed by atoms with Gasteiger partial charge in [0, 0.05) is 24.6 Å². The van der Waals surface area contributed by atoms with Crippen LogP contribution in [0.1, 0.15) is 32.3 Å². The summed E-state index contributed by atoms with van der Waals surface area (Å²) in [7, 11) is 0. The molecule has 0 atom stereocenters. The van der Waals surface area contributed by atoms with Gasteiger partial charge in [-0.1, -0.05) is 26.0 Å². The molecular weight excluding hydrogens is 232 g/mol. The van der Waals surface area contributed by atoms with E-state index in [0.717, 1.165) is 18.4 Å². The lowest BCUT2D eigenvalue weighted by molar-refractivity contribution is -0.384.